The number of hydrogen-bond acceptors (Lipinski definition) is 3. The summed E-state index contributed by atoms with van der Waals surface area (Å²) in [4.78, 5) is 13.5. The van der Waals surface area contributed by atoms with Gasteiger partial charge in [0.25, 0.3) is 0 Å². The van der Waals surface area contributed by atoms with Gasteiger partial charge in [0.2, 0.25) is 5.91 Å². The van der Waals surface area contributed by atoms with E-state index in [4.69, 9.17) is 4.74 Å². The lowest BCUT2D eigenvalue weighted by atomic mass is 10.2. The third-order valence-corrected chi connectivity index (χ3v) is 2.64. The van der Waals surface area contributed by atoms with Crippen LogP contribution in [0.15, 0.2) is 24.3 Å². The summed E-state index contributed by atoms with van der Waals surface area (Å²) < 4.78 is 4.93. The zero-order chi connectivity index (χ0) is 12.8. The van der Waals surface area contributed by atoms with Gasteiger partial charge in [-0.25, -0.2) is 0 Å². The zero-order valence-corrected chi connectivity index (χ0v) is 10.9. The number of hydrogen-bond donors (Lipinski definition) is 1. The number of carbonyl (C=O) groups excluding carboxylic acids is 1. The number of nitrogens with zero attached hydrogens (tertiary/aromatic N) is 1. The summed E-state index contributed by atoms with van der Waals surface area (Å²) in [6.45, 7) is 2.25. The smallest absolute Gasteiger partial charge is 0.249 e. The Balaban J connectivity index is 2.50. The van der Waals surface area contributed by atoms with Crippen LogP contribution in [0.1, 0.15) is 12.5 Å². The Bertz CT molecular complexity index is 360. The molecule has 0 aliphatic heterocycles. The Kier molecular flexibility index (Phi) is 4.97. The number of rotatable bonds is 5. The van der Waals surface area contributed by atoms with Gasteiger partial charge in [-0.05, 0) is 24.6 Å². The van der Waals surface area contributed by atoms with Crippen molar-refractivity contribution < 1.29 is 9.53 Å². The van der Waals surface area contributed by atoms with E-state index in [0.717, 1.165) is 11.3 Å². The number of methoxy groups -OCH3 is 1. The first-order valence-electron chi connectivity index (χ1n) is 5.61. The highest BCUT2D eigenvalue weighted by atomic mass is 16.5. The molecule has 0 saturated heterocycles. The lowest BCUT2D eigenvalue weighted by molar-refractivity contribution is -0.130. The van der Waals surface area contributed by atoms with E-state index in [-0.39, 0.29) is 5.91 Å². The van der Waals surface area contributed by atoms with Crippen molar-refractivity contribution in [3.8, 4) is 0 Å². The Hall–Kier alpha value is -1.55. The topological polar surface area (TPSA) is 41.6 Å². The maximum absolute atomic E-state index is 11.5. The standard InChI is InChI=1S/C13H20N2O2/c1-10(17-4)13(16)14-9-11-5-7-12(8-6-11)15(2)3/h5-8,10H,9H2,1-4H3,(H,14,16). The average Bonchev–Trinajstić information content (AvgIpc) is 2.35. The van der Waals surface area contributed by atoms with Crippen LogP contribution in [0.2, 0.25) is 0 Å². The van der Waals surface area contributed by atoms with E-state index in [9.17, 15) is 4.79 Å². The highest BCUT2D eigenvalue weighted by Gasteiger charge is 2.10. The second-order valence-electron chi connectivity index (χ2n) is 4.16. The van der Waals surface area contributed by atoms with Crippen molar-refractivity contribution >= 4 is 11.6 Å². The summed E-state index contributed by atoms with van der Waals surface area (Å²) in [6.07, 6.45) is -0.406. The summed E-state index contributed by atoms with van der Waals surface area (Å²) in [5, 5.41) is 2.82. The lowest BCUT2D eigenvalue weighted by Gasteiger charge is -2.13. The minimum Gasteiger partial charge on any atom is -0.378 e. The van der Waals surface area contributed by atoms with E-state index in [1.54, 1.807) is 6.92 Å². The van der Waals surface area contributed by atoms with Crippen LogP contribution >= 0.6 is 0 Å². The van der Waals surface area contributed by atoms with Gasteiger partial charge in [-0.1, -0.05) is 12.1 Å². The molecule has 0 aromatic heterocycles. The third-order valence-electron chi connectivity index (χ3n) is 2.64. The van der Waals surface area contributed by atoms with Gasteiger partial charge in [-0.15, -0.1) is 0 Å². The van der Waals surface area contributed by atoms with Gasteiger partial charge in [-0.2, -0.15) is 0 Å². The Morgan fingerprint density at radius 3 is 2.41 bits per heavy atom. The predicted molar refractivity (Wildman–Crippen MR) is 69.1 cm³/mol. The molecule has 94 valence electrons. The van der Waals surface area contributed by atoms with E-state index < -0.39 is 6.10 Å². The van der Waals surface area contributed by atoms with E-state index >= 15 is 0 Å². The quantitative estimate of drug-likeness (QED) is 0.840. The van der Waals surface area contributed by atoms with Crippen LogP contribution in [0.5, 0.6) is 0 Å². The van der Waals surface area contributed by atoms with Crippen molar-refractivity contribution in [1.82, 2.24) is 5.32 Å². The summed E-state index contributed by atoms with van der Waals surface area (Å²) in [5.74, 6) is -0.0933. The first kappa shape index (κ1) is 13.5. The largest absolute Gasteiger partial charge is 0.378 e. The van der Waals surface area contributed by atoms with Gasteiger partial charge >= 0.3 is 0 Å². The van der Waals surface area contributed by atoms with Crippen molar-refractivity contribution in [2.24, 2.45) is 0 Å². The molecule has 1 aromatic carbocycles. The van der Waals surface area contributed by atoms with Gasteiger partial charge in [0.1, 0.15) is 6.10 Å². The highest BCUT2D eigenvalue weighted by molar-refractivity contribution is 5.80. The molecule has 4 heteroatoms. The number of ether oxygens (including phenoxy) is 1. The average molecular weight is 236 g/mol. The summed E-state index contributed by atoms with van der Waals surface area (Å²) >= 11 is 0. The van der Waals surface area contributed by atoms with E-state index in [1.807, 2.05) is 43.3 Å². The Labute approximate surface area is 103 Å². The minimum atomic E-state index is -0.406. The number of carbonyl (C=O) groups is 1. The molecule has 0 saturated carbocycles. The summed E-state index contributed by atoms with van der Waals surface area (Å²) in [6, 6.07) is 8.07. The molecule has 0 radical (unpaired) electrons. The van der Waals surface area contributed by atoms with Crippen molar-refractivity contribution in [2.75, 3.05) is 26.1 Å². The van der Waals surface area contributed by atoms with Crippen molar-refractivity contribution in [2.45, 2.75) is 19.6 Å². The minimum absolute atomic E-state index is 0.0933. The van der Waals surface area contributed by atoms with Gasteiger partial charge in [0.15, 0.2) is 0 Å². The molecule has 0 aliphatic carbocycles. The van der Waals surface area contributed by atoms with Crippen LogP contribution < -0.4 is 10.2 Å². The van der Waals surface area contributed by atoms with Crippen LogP contribution in [0.25, 0.3) is 0 Å². The molecule has 1 N–H and O–H groups in total. The maximum atomic E-state index is 11.5. The predicted octanol–water partition coefficient (Wildman–Crippen LogP) is 1.40. The Morgan fingerprint density at radius 2 is 1.94 bits per heavy atom. The van der Waals surface area contributed by atoms with Crippen molar-refractivity contribution in [3.63, 3.8) is 0 Å². The lowest BCUT2D eigenvalue weighted by Crippen LogP contribution is -2.33. The first-order chi connectivity index (χ1) is 8.04. The van der Waals surface area contributed by atoms with Crippen molar-refractivity contribution in [3.05, 3.63) is 29.8 Å². The molecule has 4 nitrogen and oxygen atoms in total. The molecule has 1 amide bonds. The molecule has 1 aromatic rings. The molecule has 1 rings (SSSR count). The molecule has 0 heterocycles. The molecule has 0 fully saturated rings. The number of anilines is 1. The molecule has 0 spiro atoms. The Morgan fingerprint density at radius 1 is 1.35 bits per heavy atom. The molecule has 0 bridgehead atoms. The van der Waals surface area contributed by atoms with Gasteiger partial charge in [0, 0.05) is 33.4 Å². The fourth-order valence-electron chi connectivity index (χ4n) is 1.35. The van der Waals surface area contributed by atoms with Gasteiger partial charge in [0.05, 0.1) is 0 Å². The van der Waals surface area contributed by atoms with E-state index in [0.29, 0.717) is 6.54 Å². The van der Waals surface area contributed by atoms with Crippen molar-refractivity contribution in [1.29, 1.82) is 0 Å². The number of benzene rings is 1. The summed E-state index contributed by atoms with van der Waals surface area (Å²) in [5.41, 5.74) is 2.22. The molecular weight excluding hydrogens is 216 g/mol. The molecule has 1 atom stereocenters. The van der Waals surface area contributed by atoms with Crippen LogP contribution in [0, 0.1) is 0 Å². The zero-order valence-electron chi connectivity index (χ0n) is 10.9. The maximum Gasteiger partial charge on any atom is 0.249 e. The molecule has 17 heavy (non-hydrogen) atoms. The third kappa shape index (κ3) is 4.07. The monoisotopic (exact) mass is 236 g/mol. The SMILES string of the molecule is COC(C)C(=O)NCc1ccc(N(C)C)cc1. The highest BCUT2D eigenvalue weighted by Crippen LogP contribution is 2.11. The fraction of sp³-hybridized carbons (Fsp3) is 0.462. The molecular formula is C13H20N2O2. The molecule has 0 aliphatic rings. The fourth-order valence-corrected chi connectivity index (χ4v) is 1.35. The van der Waals surface area contributed by atoms with E-state index in [1.165, 1.54) is 7.11 Å². The van der Waals surface area contributed by atoms with Crippen LogP contribution in [-0.4, -0.2) is 33.2 Å². The second-order valence-corrected chi connectivity index (χ2v) is 4.16. The summed E-state index contributed by atoms with van der Waals surface area (Å²) in [7, 11) is 5.52. The van der Waals surface area contributed by atoms with Crippen LogP contribution in [0.4, 0.5) is 5.69 Å². The van der Waals surface area contributed by atoms with E-state index in [2.05, 4.69) is 5.32 Å². The van der Waals surface area contributed by atoms with Crippen LogP contribution in [-0.2, 0) is 16.1 Å². The second kappa shape index (κ2) is 6.25. The normalized spacial score (nSPS) is 12.0. The van der Waals surface area contributed by atoms with Gasteiger partial charge in [-0.3, -0.25) is 4.79 Å². The van der Waals surface area contributed by atoms with Gasteiger partial charge < -0.3 is 15.0 Å². The molecule has 1 unspecified atom stereocenters. The number of nitrogens with one attached hydrogen (secondary N) is 1. The first-order valence-corrected chi connectivity index (χ1v) is 5.61. The van der Waals surface area contributed by atoms with Crippen LogP contribution in [0.3, 0.4) is 0 Å². The number of amides is 1.